The Morgan fingerprint density at radius 3 is 2.63 bits per heavy atom. The summed E-state index contributed by atoms with van der Waals surface area (Å²) in [5, 5.41) is 4.18. The Labute approximate surface area is 220 Å². The number of nitrogens with zero attached hydrogens (tertiary/aromatic N) is 4. The SMILES string of the molecule is CC(C)N1CCOc2c(F)cc(-c3nc(Nc4ccc5cc(C6CCN(C)CC6)oc5c4)ncc3F)cc21. The number of fused-ring (bicyclic) bond motifs is 2. The topological polar surface area (TPSA) is 66.7 Å². The molecule has 0 atom stereocenters. The molecule has 7 nitrogen and oxygen atoms in total. The number of anilines is 3. The molecule has 1 fully saturated rings. The lowest BCUT2D eigenvalue weighted by atomic mass is 9.94. The average molecular weight is 520 g/mol. The third kappa shape index (κ3) is 4.67. The standard InChI is InChI=1S/C29H31F2N5O2/c1-17(2)36-10-11-37-28-22(30)12-20(13-24(28)36)27-23(31)16-32-29(34-27)33-21-5-4-19-14-25(38-26(19)15-21)18-6-8-35(3)9-7-18/h4-5,12-18H,6-11H2,1-3H3,(H,32,33,34). The largest absolute Gasteiger partial charge is 0.486 e. The van der Waals surface area contributed by atoms with Crippen molar-refractivity contribution in [2.24, 2.45) is 0 Å². The van der Waals surface area contributed by atoms with Gasteiger partial charge < -0.3 is 24.3 Å². The number of hydrogen-bond donors (Lipinski definition) is 1. The summed E-state index contributed by atoms with van der Waals surface area (Å²) >= 11 is 0. The van der Waals surface area contributed by atoms with Crippen LogP contribution in [0.2, 0.25) is 0 Å². The smallest absolute Gasteiger partial charge is 0.227 e. The van der Waals surface area contributed by atoms with Crippen molar-refractivity contribution in [2.75, 3.05) is 43.5 Å². The average Bonchev–Trinajstić information content (AvgIpc) is 3.33. The molecular formula is C29H31F2N5O2. The van der Waals surface area contributed by atoms with Crippen molar-refractivity contribution in [2.45, 2.75) is 38.6 Å². The summed E-state index contributed by atoms with van der Waals surface area (Å²) in [4.78, 5) is 12.9. The number of piperidine rings is 1. The van der Waals surface area contributed by atoms with Crippen LogP contribution in [0.4, 0.5) is 26.1 Å². The number of likely N-dealkylation sites (tertiary alicyclic amines) is 1. The molecule has 198 valence electrons. The van der Waals surface area contributed by atoms with Crippen LogP contribution in [-0.4, -0.2) is 54.2 Å². The molecule has 0 amide bonds. The van der Waals surface area contributed by atoms with E-state index in [4.69, 9.17) is 9.15 Å². The van der Waals surface area contributed by atoms with E-state index in [-0.39, 0.29) is 23.4 Å². The molecule has 2 aromatic heterocycles. The molecular weight excluding hydrogens is 488 g/mol. The van der Waals surface area contributed by atoms with Crippen molar-refractivity contribution < 1.29 is 17.9 Å². The number of hydrogen-bond acceptors (Lipinski definition) is 7. The van der Waals surface area contributed by atoms with Gasteiger partial charge in [-0.2, -0.15) is 0 Å². The monoisotopic (exact) mass is 519 g/mol. The molecule has 2 aliphatic heterocycles. The number of rotatable bonds is 5. The lowest BCUT2D eigenvalue weighted by molar-refractivity contribution is 0.242. The van der Waals surface area contributed by atoms with Crippen LogP contribution in [0.15, 0.2) is 47.0 Å². The minimum Gasteiger partial charge on any atom is -0.486 e. The molecule has 38 heavy (non-hydrogen) atoms. The Morgan fingerprint density at radius 2 is 1.84 bits per heavy atom. The Balaban J connectivity index is 1.28. The number of nitrogens with one attached hydrogen (secondary N) is 1. The fourth-order valence-corrected chi connectivity index (χ4v) is 5.36. The van der Waals surface area contributed by atoms with Gasteiger partial charge in [-0.1, -0.05) is 0 Å². The second kappa shape index (κ2) is 9.87. The van der Waals surface area contributed by atoms with Crippen LogP contribution in [0.3, 0.4) is 0 Å². The first-order valence-corrected chi connectivity index (χ1v) is 13.1. The fraction of sp³-hybridized carbons (Fsp3) is 0.379. The molecule has 4 heterocycles. The summed E-state index contributed by atoms with van der Waals surface area (Å²) in [6.45, 7) is 7.21. The van der Waals surface area contributed by atoms with Gasteiger partial charge in [-0.05, 0) is 77.2 Å². The van der Waals surface area contributed by atoms with Crippen molar-refractivity contribution in [3.8, 4) is 17.0 Å². The second-order valence-corrected chi connectivity index (χ2v) is 10.4. The lowest BCUT2D eigenvalue weighted by Crippen LogP contribution is -2.38. The van der Waals surface area contributed by atoms with E-state index in [1.165, 1.54) is 6.07 Å². The van der Waals surface area contributed by atoms with Gasteiger partial charge in [0, 0.05) is 34.7 Å². The zero-order valence-electron chi connectivity index (χ0n) is 21.8. The molecule has 0 spiro atoms. The Kier molecular flexibility index (Phi) is 6.39. The van der Waals surface area contributed by atoms with E-state index >= 15 is 0 Å². The molecule has 0 saturated carbocycles. The Morgan fingerprint density at radius 1 is 1.03 bits per heavy atom. The van der Waals surface area contributed by atoms with Crippen molar-refractivity contribution in [1.82, 2.24) is 14.9 Å². The number of halogens is 2. The van der Waals surface area contributed by atoms with Gasteiger partial charge in [-0.15, -0.1) is 0 Å². The number of furan rings is 1. The predicted molar refractivity (Wildman–Crippen MR) is 144 cm³/mol. The summed E-state index contributed by atoms with van der Waals surface area (Å²) in [6, 6.07) is 11.1. The normalized spacial score (nSPS) is 16.6. The fourth-order valence-electron chi connectivity index (χ4n) is 5.36. The van der Waals surface area contributed by atoms with Crippen LogP contribution >= 0.6 is 0 Å². The highest BCUT2D eigenvalue weighted by Gasteiger charge is 2.26. The van der Waals surface area contributed by atoms with Crippen molar-refractivity contribution >= 4 is 28.3 Å². The highest BCUT2D eigenvalue weighted by Crippen LogP contribution is 2.39. The first kappa shape index (κ1) is 24.6. The van der Waals surface area contributed by atoms with E-state index in [9.17, 15) is 8.78 Å². The van der Waals surface area contributed by atoms with E-state index in [1.807, 2.05) is 36.9 Å². The predicted octanol–water partition coefficient (Wildman–Crippen LogP) is 6.33. The summed E-state index contributed by atoms with van der Waals surface area (Å²) in [5.41, 5.74) is 2.43. The molecule has 0 bridgehead atoms. The number of ether oxygens (including phenoxy) is 1. The molecule has 0 aliphatic carbocycles. The molecule has 0 radical (unpaired) electrons. The maximum atomic E-state index is 15.0. The van der Waals surface area contributed by atoms with E-state index in [1.54, 1.807) is 6.07 Å². The Bertz CT molecular complexity index is 1480. The van der Waals surface area contributed by atoms with Crippen molar-refractivity contribution in [3.05, 3.63) is 60.0 Å². The Hall–Kier alpha value is -3.72. The molecule has 2 aliphatic rings. The van der Waals surface area contributed by atoms with Crippen LogP contribution in [0.25, 0.3) is 22.2 Å². The first-order chi connectivity index (χ1) is 18.4. The zero-order chi connectivity index (χ0) is 26.4. The summed E-state index contributed by atoms with van der Waals surface area (Å²) in [7, 11) is 2.15. The molecule has 9 heteroatoms. The van der Waals surface area contributed by atoms with Crippen LogP contribution in [0, 0.1) is 11.6 Å². The molecule has 2 aromatic carbocycles. The molecule has 1 saturated heterocycles. The van der Waals surface area contributed by atoms with Gasteiger partial charge in [0.2, 0.25) is 5.95 Å². The van der Waals surface area contributed by atoms with Crippen molar-refractivity contribution in [1.29, 1.82) is 0 Å². The van der Waals surface area contributed by atoms with Gasteiger partial charge in [0.1, 0.15) is 23.6 Å². The maximum absolute atomic E-state index is 15.0. The number of benzene rings is 2. The lowest BCUT2D eigenvalue weighted by Gasteiger charge is -2.34. The quantitative estimate of drug-likeness (QED) is 0.331. The second-order valence-electron chi connectivity index (χ2n) is 10.4. The minimum absolute atomic E-state index is 0.0158. The maximum Gasteiger partial charge on any atom is 0.227 e. The molecule has 6 rings (SSSR count). The van der Waals surface area contributed by atoms with Crippen LogP contribution in [-0.2, 0) is 0 Å². The molecule has 1 N–H and O–H groups in total. The highest BCUT2D eigenvalue weighted by molar-refractivity contribution is 5.82. The summed E-state index contributed by atoms with van der Waals surface area (Å²) in [6.07, 6.45) is 3.26. The van der Waals surface area contributed by atoms with Gasteiger partial charge in [0.25, 0.3) is 0 Å². The summed E-state index contributed by atoms with van der Waals surface area (Å²) in [5.74, 6) is 0.656. The number of aromatic nitrogens is 2. The van der Waals surface area contributed by atoms with Gasteiger partial charge in [-0.25, -0.2) is 18.7 Å². The third-order valence-corrected chi connectivity index (χ3v) is 7.47. The highest BCUT2D eigenvalue weighted by atomic mass is 19.1. The van der Waals surface area contributed by atoms with Gasteiger partial charge in [0.15, 0.2) is 17.4 Å². The molecule has 0 unspecified atom stereocenters. The van der Waals surface area contributed by atoms with E-state index in [2.05, 4.69) is 33.3 Å². The summed E-state index contributed by atoms with van der Waals surface area (Å²) < 4.78 is 41.7. The van der Waals surface area contributed by atoms with Crippen LogP contribution in [0.1, 0.15) is 38.4 Å². The van der Waals surface area contributed by atoms with Crippen LogP contribution in [0.5, 0.6) is 5.75 Å². The van der Waals surface area contributed by atoms with Crippen LogP contribution < -0.4 is 15.0 Å². The van der Waals surface area contributed by atoms with Gasteiger partial charge >= 0.3 is 0 Å². The van der Waals surface area contributed by atoms with Gasteiger partial charge in [-0.3, -0.25) is 0 Å². The zero-order valence-corrected chi connectivity index (χ0v) is 21.8. The third-order valence-electron chi connectivity index (χ3n) is 7.47. The van der Waals surface area contributed by atoms with Gasteiger partial charge in [0.05, 0.1) is 18.4 Å². The van der Waals surface area contributed by atoms with E-state index in [0.717, 1.165) is 54.5 Å². The van der Waals surface area contributed by atoms with E-state index in [0.29, 0.717) is 30.3 Å². The van der Waals surface area contributed by atoms with E-state index < -0.39 is 11.6 Å². The first-order valence-electron chi connectivity index (χ1n) is 13.1. The minimum atomic E-state index is -0.632. The van der Waals surface area contributed by atoms with Crippen molar-refractivity contribution in [3.63, 3.8) is 0 Å². The molecule has 4 aromatic rings.